The van der Waals surface area contributed by atoms with Gasteiger partial charge in [-0.05, 0) is 25.5 Å². The van der Waals surface area contributed by atoms with Crippen LogP contribution in [0.5, 0.6) is 0 Å². The van der Waals surface area contributed by atoms with Crippen molar-refractivity contribution in [3.63, 3.8) is 0 Å². The van der Waals surface area contributed by atoms with Crippen molar-refractivity contribution in [3.8, 4) is 0 Å². The van der Waals surface area contributed by atoms with E-state index in [0.717, 1.165) is 18.4 Å². The van der Waals surface area contributed by atoms with Crippen LogP contribution in [-0.4, -0.2) is 23.1 Å². The van der Waals surface area contributed by atoms with Gasteiger partial charge in [-0.25, -0.2) is 9.59 Å². The summed E-state index contributed by atoms with van der Waals surface area (Å²) < 4.78 is 0. The number of benzene rings is 1. The van der Waals surface area contributed by atoms with Crippen LogP contribution in [0.3, 0.4) is 0 Å². The van der Waals surface area contributed by atoms with Crippen LogP contribution < -0.4 is 10.6 Å². The predicted octanol–water partition coefficient (Wildman–Crippen LogP) is 2.76. The van der Waals surface area contributed by atoms with E-state index in [1.54, 1.807) is 12.1 Å². The maximum atomic E-state index is 11.7. The molecular formula is C14H20N2O3. The third-order valence-corrected chi connectivity index (χ3v) is 2.76. The van der Waals surface area contributed by atoms with Crippen LogP contribution >= 0.6 is 0 Å². The van der Waals surface area contributed by atoms with Gasteiger partial charge in [0.05, 0.1) is 0 Å². The number of carbonyl (C=O) groups excluding carboxylic acids is 1. The van der Waals surface area contributed by atoms with Gasteiger partial charge in [0, 0.05) is 5.69 Å². The molecule has 0 aromatic heterocycles. The predicted molar refractivity (Wildman–Crippen MR) is 74.3 cm³/mol. The van der Waals surface area contributed by atoms with E-state index in [-0.39, 0.29) is 0 Å². The lowest BCUT2D eigenvalue weighted by Crippen LogP contribution is -2.42. The summed E-state index contributed by atoms with van der Waals surface area (Å²) in [4.78, 5) is 22.7. The lowest BCUT2D eigenvalue weighted by atomic mass is 10.1. The van der Waals surface area contributed by atoms with Crippen LogP contribution in [0.4, 0.5) is 10.5 Å². The standard InChI is InChI=1S/C14H20N2O3/c1-3-4-5-12(13(17)18)16-14(19)15-11-8-6-10(2)7-9-11/h6-9,12H,3-5H2,1-2H3,(H,17,18)(H2,15,16,19)/t12-/m0/s1. The number of anilines is 1. The maximum absolute atomic E-state index is 11.7. The van der Waals surface area contributed by atoms with Crippen LogP contribution in [0.15, 0.2) is 24.3 Å². The van der Waals surface area contributed by atoms with E-state index in [2.05, 4.69) is 10.6 Å². The van der Waals surface area contributed by atoms with Crippen molar-refractivity contribution in [1.82, 2.24) is 5.32 Å². The number of urea groups is 1. The highest BCUT2D eigenvalue weighted by molar-refractivity contribution is 5.92. The lowest BCUT2D eigenvalue weighted by Gasteiger charge is -2.14. The molecule has 0 unspecified atom stereocenters. The molecular weight excluding hydrogens is 244 g/mol. The van der Waals surface area contributed by atoms with Gasteiger partial charge in [0.15, 0.2) is 0 Å². The van der Waals surface area contributed by atoms with Gasteiger partial charge < -0.3 is 15.7 Å². The smallest absolute Gasteiger partial charge is 0.326 e. The molecule has 0 saturated heterocycles. The fourth-order valence-electron chi connectivity index (χ4n) is 1.63. The minimum atomic E-state index is -1.01. The number of hydrogen-bond acceptors (Lipinski definition) is 2. The first kappa shape index (κ1) is 15.0. The van der Waals surface area contributed by atoms with Gasteiger partial charge in [0.2, 0.25) is 0 Å². The minimum Gasteiger partial charge on any atom is -0.480 e. The third kappa shape index (κ3) is 5.42. The Morgan fingerprint density at radius 2 is 1.89 bits per heavy atom. The van der Waals surface area contributed by atoms with E-state index in [4.69, 9.17) is 5.11 Å². The number of nitrogens with one attached hydrogen (secondary N) is 2. The Labute approximate surface area is 113 Å². The second-order valence-electron chi connectivity index (χ2n) is 4.50. The summed E-state index contributed by atoms with van der Waals surface area (Å²) in [7, 11) is 0. The molecule has 1 atom stereocenters. The van der Waals surface area contributed by atoms with Crippen LogP contribution in [0.2, 0.25) is 0 Å². The highest BCUT2D eigenvalue weighted by Crippen LogP contribution is 2.08. The van der Waals surface area contributed by atoms with E-state index in [1.165, 1.54) is 0 Å². The number of amides is 2. The second kappa shape index (κ2) is 7.41. The van der Waals surface area contributed by atoms with Crippen molar-refractivity contribution in [2.75, 3.05) is 5.32 Å². The van der Waals surface area contributed by atoms with E-state index < -0.39 is 18.0 Å². The minimum absolute atomic E-state index is 0.438. The molecule has 0 fully saturated rings. The zero-order valence-electron chi connectivity index (χ0n) is 11.3. The summed E-state index contributed by atoms with van der Waals surface area (Å²) >= 11 is 0. The number of unbranched alkanes of at least 4 members (excludes halogenated alkanes) is 1. The fourth-order valence-corrected chi connectivity index (χ4v) is 1.63. The van der Waals surface area contributed by atoms with E-state index in [9.17, 15) is 9.59 Å². The molecule has 0 saturated carbocycles. The molecule has 0 heterocycles. The number of carboxylic acids is 1. The van der Waals surface area contributed by atoms with Crippen molar-refractivity contribution >= 4 is 17.7 Å². The van der Waals surface area contributed by atoms with E-state index >= 15 is 0 Å². The summed E-state index contributed by atoms with van der Waals surface area (Å²) in [5.74, 6) is -1.01. The Kier molecular flexibility index (Phi) is 5.85. The molecule has 2 amide bonds. The largest absolute Gasteiger partial charge is 0.480 e. The van der Waals surface area contributed by atoms with Crippen molar-refractivity contribution in [2.24, 2.45) is 0 Å². The van der Waals surface area contributed by atoms with Gasteiger partial charge in [-0.3, -0.25) is 0 Å². The quantitative estimate of drug-likeness (QED) is 0.739. The lowest BCUT2D eigenvalue weighted by molar-refractivity contribution is -0.139. The number of hydrogen-bond donors (Lipinski definition) is 3. The third-order valence-electron chi connectivity index (χ3n) is 2.76. The van der Waals surface area contributed by atoms with Gasteiger partial charge in [-0.1, -0.05) is 37.5 Å². The number of aryl methyl sites for hydroxylation is 1. The maximum Gasteiger partial charge on any atom is 0.326 e. The van der Waals surface area contributed by atoms with E-state index in [0.29, 0.717) is 12.1 Å². The van der Waals surface area contributed by atoms with Crippen LogP contribution in [-0.2, 0) is 4.79 Å². The summed E-state index contributed by atoms with van der Waals surface area (Å²) in [5, 5.41) is 14.1. The molecule has 0 aliphatic heterocycles. The molecule has 0 spiro atoms. The summed E-state index contributed by atoms with van der Waals surface area (Å²) in [6.45, 7) is 3.93. The highest BCUT2D eigenvalue weighted by Gasteiger charge is 2.18. The summed E-state index contributed by atoms with van der Waals surface area (Å²) in [6, 6.07) is 5.97. The molecule has 0 aliphatic rings. The Balaban J connectivity index is 2.52. The molecule has 0 aliphatic carbocycles. The zero-order chi connectivity index (χ0) is 14.3. The molecule has 3 N–H and O–H groups in total. The summed E-state index contributed by atoms with van der Waals surface area (Å²) in [5.41, 5.74) is 1.74. The molecule has 0 radical (unpaired) electrons. The zero-order valence-corrected chi connectivity index (χ0v) is 11.3. The van der Waals surface area contributed by atoms with Crippen LogP contribution in [0.1, 0.15) is 31.7 Å². The first-order chi connectivity index (χ1) is 9.02. The molecule has 19 heavy (non-hydrogen) atoms. The van der Waals surface area contributed by atoms with Crippen molar-refractivity contribution in [3.05, 3.63) is 29.8 Å². The molecule has 0 bridgehead atoms. The van der Waals surface area contributed by atoms with Crippen molar-refractivity contribution in [1.29, 1.82) is 0 Å². The Hall–Kier alpha value is -2.04. The first-order valence-electron chi connectivity index (χ1n) is 6.40. The summed E-state index contributed by atoms with van der Waals surface area (Å²) in [6.07, 6.45) is 2.10. The number of carboxylic acid groups (broad SMARTS) is 1. The van der Waals surface area contributed by atoms with Crippen molar-refractivity contribution in [2.45, 2.75) is 39.2 Å². The van der Waals surface area contributed by atoms with Gasteiger partial charge in [0.25, 0.3) is 0 Å². The van der Waals surface area contributed by atoms with Crippen molar-refractivity contribution < 1.29 is 14.7 Å². The average Bonchev–Trinajstić information content (AvgIpc) is 2.37. The first-order valence-corrected chi connectivity index (χ1v) is 6.40. The van der Waals surface area contributed by atoms with Gasteiger partial charge >= 0.3 is 12.0 Å². The number of carbonyl (C=O) groups is 2. The Bertz CT molecular complexity index is 429. The molecule has 1 rings (SSSR count). The van der Waals surface area contributed by atoms with E-state index in [1.807, 2.05) is 26.0 Å². The van der Waals surface area contributed by atoms with Gasteiger partial charge in [0.1, 0.15) is 6.04 Å². The van der Waals surface area contributed by atoms with Gasteiger partial charge in [-0.2, -0.15) is 0 Å². The normalized spacial score (nSPS) is 11.7. The molecule has 5 heteroatoms. The topological polar surface area (TPSA) is 78.4 Å². The monoisotopic (exact) mass is 264 g/mol. The molecule has 104 valence electrons. The van der Waals surface area contributed by atoms with Gasteiger partial charge in [-0.15, -0.1) is 0 Å². The molecule has 5 nitrogen and oxygen atoms in total. The molecule has 1 aromatic carbocycles. The highest BCUT2D eigenvalue weighted by atomic mass is 16.4. The second-order valence-corrected chi connectivity index (χ2v) is 4.50. The number of rotatable bonds is 6. The number of aliphatic carboxylic acids is 1. The van der Waals surface area contributed by atoms with Crippen LogP contribution in [0, 0.1) is 6.92 Å². The Morgan fingerprint density at radius 3 is 2.42 bits per heavy atom. The molecule has 1 aromatic rings. The SMILES string of the molecule is CCCC[C@H](NC(=O)Nc1ccc(C)cc1)C(=O)O. The Morgan fingerprint density at radius 1 is 1.26 bits per heavy atom. The average molecular weight is 264 g/mol. The fraction of sp³-hybridized carbons (Fsp3) is 0.429. The van der Waals surface area contributed by atoms with Crippen LogP contribution in [0.25, 0.3) is 0 Å².